The minimum Gasteiger partial charge on any atom is -0.481 e. The van der Waals surface area contributed by atoms with E-state index < -0.39 is 18.0 Å². The lowest BCUT2D eigenvalue weighted by atomic mass is 10.0. The number of carboxylic acid groups (broad SMARTS) is 1. The number of nitrogens with one attached hydrogen (secondary N) is 2. The number of nitrogens with zero attached hydrogens (tertiary/aromatic N) is 3. The molecule has 8 nitrogen and oxygen atoms in total. The average Bonchev–Trinajstić information content (AvgIpc) is 2.68. The van der Waals surface area contributed by atoms with Crippen LogP contribution >= 0.6 is 11.5 Å². The molecule has 1 heterocycles. The van der Waals surface area contributed by atoms with E-state index in [-0.39, 0.29) is 17.5 Å². The zero-order chi connectivity index (χ0) is 12.8. The minimum absolute atomic E-state index is 0.0180. The Morgan fingerprint density at radius 2 is 2.18 bits per heavy atom. The van der Waals surface area contributed by atoms with Crippen LogP contribution in [0.3, 0.4) is 0 Å². The molecule has 9 heteroatoms. The summed E-state index contributed by atoms with van der Waals surface area (Å²) in [7, 11) is 0. The standard InChI is InChI=1S/C8H13N5O3S/c1-4(2)5(3-6(14)15)9-7(16)10-8-11-12-13-17-8/h4-5H,3H2,1-2H3,(H,14,15)(H2,9,10,11,13,16). The summed E-state index contributed by atoms with van der Waals surface area (Å²) in [6.07, 6.45) is -0.126. The van der Waals surface area contributed by atoms with E-state index in [0.29, 0.717) is 0 Å². The molecule has 2 amide bonds. The summed E-state index contributed by atoms with van der Waals surface area (Å²) in [4.78, 5) is 22.1. The van der Waals surface area contributed by atoms with E-state index in [1.807, 2.05) is 13.8 Å². The Hall–Kier alpha value is -1.77. The lowest BCUT2D eigenvalue weighted by Crippen LogP contribution is -2.42. The normalized spacial score (nSPS) is 12.2. The van der Waals surface area contributed by atoms with E-state index in [0.717, 1.165) is 11.5 Å². The van der Waals surface area contributed by atoms with Gasteiger partial charge in [0.1, 0.15) is 0 Å². The van der Waals surface area contributed by atoms with Crippen LogP contribution in [0.5, 0.6) is 0 Å². The highest BCUT2D eigenvalue weighted by atomic mass is 32.1. The third-order valence-corrected chi connectivity index (χ3v) is 2.55. The van der Waals surface area contributed by atoms with Gasteiger partial charge in [-0.3, -0.25) is 10.1 Å². The number of hydrogen-bond acceptors (Lipinski definition) is 6. The van der Waals surface area contributed by atoms with E-state index in [9.17, 15) is 9.59 Å². The number of urea groups is 1. The number of carbonyl (C=O) groups is 2. The first-order valence-electron chi connectivity index (χ1n) is 4.93. The Kier molecular flexibility index (Phi) is 4.76. The number of amides is 2. The third-order valence-electron chi connectivity index (χ3n) is 2.04. The van der Waals surface area contributed by atoms with Gasteiger partial charge in [0.25, 0.3) is 0 Å². The second-order valence-electron chi connectivity index (χ2n) is 3.71. The Morgan fingerprint density at radius 1 is 1.47 bits per heavy atom. The highest BCUT2D eigenvalue weighted by molar-refractivity contribution is 7.09. The van der Waals surface area contributed by atoms with Gasteiger partial charge < -0.3 is 10.4 Å². The molecule has 3 N–H and O–H groups in total. The summed E-state index contributed by atoms with van der Waals surface area (Å²) in [5.41, 5.74) is 0. The van der Waals surface area contributed by atoms with E-state index in [4.69, 9.17) is 5.11 Å². The summed E-state index contributed by atoms with van der Waals surface area (Å²) in [6, 6.07) is -0.947. The topological polar surface area (TPSA) is 117 Å². The van der Waals surface area contributed by atoms with Crippen molar-refractivity contribution < 1.29 is 14.7 Å². The molecule has 0 aliphatic rings. The summed E-state index contributed by atoms with van der Waals surface area (Å²) in [5.74, 6) is -0.939. The minimum atomic E-state index is -0.957. The molecule has 0 aromatic carbocycles. The van der Waals surface area contributed by atoms with Crippen molar-refractivity contribution in [1.82, 2.24) is 20.1 Å². The highest BCUT2D eigenvalue weighted by Crippen LogP contribution is 2.08. The van der Waals surface area contributed by atoms with Gasteiger partial charge in [0.2, 0.25) is 5.13 Å². The molecule has 0 saturated heterocycles. The largest absolute Gasteiger partial charge is 0.481 e. The van der Waals surface area contributed by atoms with Crippen molar-refractivity contribution in [2.75, 3.05) is 5.32 Å². The van der Waals surface area contributed by atoms with Crippen molar-refractivity contribution >= 4 is 28.7 Å². The molecule has 0 aliphatic carbocycles. The molecule has 0 aliphatic heterocycles. The van der Waals surface area contributed by atoms with Gasteiger partial charge in [0.15, 0.2) is 0 Å². The van der Waals surface area contributed by atoms with Crippen LogP contribution in [-0.2, 0) is 4.79 Å². The fourth-order valence-corrected chi connectivity index (χ4v) is 1.49. The summed E-state index contributed by atoms with van der Waals surface area (Å²) in [5, 5.41) is 20.8. The maximum atomic E-state index is 11.5. The number of anilines is 1. The molecule has 1 atom stereocenters. The number of carbonyl (C=O) groups excluding carboxylic acids is 1. The number of carboxylic acids is 1. The fourth-order valence-electron chi connectivity index (χ4n) is 1.13. The Balaban J connectivity index is 2.49. The first-order valence-corrected chi connectivity index (χ1v) is 5.70. The maximum Gasteiger partial charge on any atom is 0.321 e. The van der Waals surface area contributed by atoms with Crippen molar-refractivity contribution in [3.8, 4) is 0 Å². The summed E-state index contributed by atoms with van der Waals surface area (Å²) < 4.78 is 3.48. The van der Waals surface area contributed by atoms with Gasteiger partial charge in [-0.05, 0) is 11.1 Å². The Labute approximate surface area is 102 Å². The van der Waals surface area contributed by atoms with E-state index >= 15 is 0 Å². The van der Waals surface area contributed by atoms with Crippen LogP contribution in [0.4, 0.5) is 9.93 Å². The number of aliphatic carboxylic acids is 1. The Bertz CT molecular complexity index is 381. The van der Waals surface area contributed by atoms with Crippen LogP contribution in [0.25, 0.3) is 0 Å². The van der Waals surface area contributed by atoms with Crippen LogP contribution in [-0.4, -0.2) is 37.9 Å². The van der Waals surface area contributed by atoms with Crippen LogP contribution in [0.15, 0.2) is 0 Å². The van der Waals surface area contributed by atoms with Crippen molar-refractivity contribution in [3.63, 3.8) is 0 Å². The van der Waals surface area contributed by atoms with Crippen molar-refractivity contribution in [2.45, 2.75) is 26.3 Å². The number of aromatic nitrogens is 3. The van der Waals surface area contributed by atoms with Crippen molar-refractivity contribution in [1.29, 1.82) is 0 Å². The molecule has 0 saturated carbocycles. The maximum absolute atomic E-state index is 11.5. The highest BCUT2D eigenvalue weighted by Gasteiger charge is 2.19. The third kappa shape index (κ3) is 4.72. The molecule has 0 spiro atoms. The van der Waals surface area contributed by atoms with Crippen LogP contribution in [0.1, 0.15) is 20.3 Å². The van der Waals surface area contributed by atoms with Gasteiger partial charge >= 0.3 is 12.0 Å². The monoisotopic (exact) mass is 259 g/mol. The lowest BCUT2D eigenvalue weighted by Gasteiger charge is -2.20. The molecule has 94 valence electrons. The zero-order valence-corrected chi connectivity index (χ0v) is 10.2. The second-order valence-corrected chi connectivity index (χ2v) is 4.45. The van der Waals surface area contributed by atoms with Crippen molar-refractivity contribution in [2.24, 2.45) is 5.92 Å². The first-order chi connectivity index (χ1) is 7.99. The van der Waals surface area contributed by atoms with Crippen LogP contribution in [0.2, 0.25) is 0 Å². The predicted molar refractivity (Wildman–Crippen MR) is 60.7 cm³/mol. The molecule has 1 aromatic rings. The molecule has 0 radical (unpaired) electrons. The van der Waals surface area contributed by atoms with Gasteiger partial charge in [-0.2, -0.15) is 0 Å². The van der Waals surface area contributed by atoms with Gasteiger partial charge in [0.05, 0.1) is 6.42 Å². The summed E-state index contributed by atoms with van der Waals surface area (Å²) >= 11 is 0.940. The van der Waals surface area contributed by atoms with Crippen molar-refractivity contribution in [3.05, 3.63) is 0 Å². The quantitative estimate of drug-likeness (QED) is 0.711. The van der Waals surface area contributed by atoms with E-state index in [1.54, 1.807) is 0 Å². The van der Waals surface area contributed by atoms with E-state index in [1.165, 1.54) is 0 Å². The molecule has 17 heavy (non-hydrogen) atoms. The van der Waals surface area contributed by atoms with Gasteiger partial charge in [-0.15, -0.1) is 0 Å². The molecule has 1 unspecified atom stereocenters. The molecule has 0 fully saturated rings. The zero-order valence-electron chi connectivity index (χ0n) is 9.38. The molecular formula is C8H13N5O3S. The average molecular weight is 259 g/mol. The molecule has 1 rings (SSSR count). The number of hydrogen-bond donors (Lipinski definition) is 3. The smallest absolute Gasteiger partial charge is 0.321 e. The Morgan fingerprint density at radius 3 is 2.65 bits per heavy atom. The molecule has 0 bridgehead atoms. The van der Waals surface area contributed by atoms with Crippen LogP contribution in [0, 0.1) is 5.92 Å². The van der Waals surface area contributed by atoms with Crippen LogP contribution < -0.4 is 10.6 Å². The molecule has 1 aromatic heterocycles. The summed E-state index contributed by atoms with van der Waals surface area (Å²) in [6.45, 7) is 3.67. The van der Waals surface area contributed by atoms with Gasteiger partial charge in [0, 0.05) is 17.6 Å². The fraction of sp³-hybridized carbons (Fsp3) is 0.625. The predicted octanol–water partition coefficient (Wildman–Crippen LogP) is 0.554. The van der Waals surface area contributed by atoms with Gasteiger partial charge in [-0.25, -0.2) is 4.79 Å². The van der Waals surface area contributed by atoms with E-state index in [2.05, 4.69) is 25.4 Å². The molecular weight excluding hydrogens is 246 g/mol. The SMILES string of the molecule is CC(C)C(CC(=O)O)NC(=O)Nc1nnns1. The second kappa shape index (κ2) is 6.09. The first kappa shape index (κ1) is 13.3. The number of rotatable bonds is 5. The lowest BCUT2D eigenvalue weighted by molar-refractivity contribution is -0.137. The van der Waals surface area contributed by atoms with Gasteiger partial charge in [-0.1, -0.05) is 23.4 Å².